The molecule has 1 atom stereocenters. The average Bonchev–Trinajstić information content (AvgIpc) is 2.64. The molecule has 3 nitrogen and oxygen atoms in total. The number of carbonyl (C=O) groups excluding carboxylic acids is 1. The number of methoxy groups -OCH3 is 1. The number of alkyl halides is 5. The highest BCUT2D eigenvalue weighted by Gasteiger charge is 2.42. The van der Waals surface area contributed by atoms with Gasteiger partial charge in [-0.1, -0.05) is 43.1 Å². The van der Waals surface area contributed by atoms with E-state index in [1.54, 1.807) is 13.8 Å². The molecule has 170 valence electrons. The van der Waals surface area contributed by atoms with Crippen molar-refractivity contribution in [2.45, 2.75) is 38.1 Å². The van der Waals surface area contributed by atoms with Crippen LogP contribution in [-0.2, 0) is 17.3 Å². The standard InChI is InChI=1S/C20H18Cl2F5NO2S/c1-8(2)7-9-12(19(29)30-3)15(18(23)24)28-17(20(25,26)27)13(9)16(31)14-10(21)5-4-6-11(14)22/h4-6,8,16,18,31H,7H2,1-3H3. The number of hydrogen-bond donors (Lipinski definition) is 1. The van der Waals surface area contributed by atoms with Crippen LogP contribution in [0.2, 0.25) is 10.0 Å². The molecule has 0 amide bonds. The van der Waals surface area contributed by atoms with E-state index < -0.39 is 46.3 Å². The summed E-state index contributed by atoms with van der Waals surface area (Å²) in [5, 5.41) is -1.36. The van der Waals surface area contributed by atoms with Gasteiger partial charge < -0.3 is 4.74 Å². The second kappa shape index (κ2) is 9.92. The zero-order valence-corrected chi connectivity index (χ0v) is 18.9. The minimum atomic E-state index is -5.12. The van der Waals surface area contributed by atoms with Crippen LogP contribution in [-0.4, -0.2) is 18.1 Å². The number of aromatic nitrogens is 1. The number of hydrogen-bond acceptors (Lipinski definition) is 4. The van der Waals surface area contributed by atoms with Crippen LogP contribution in [0.15, 0.2) is 18.2 Å². The van der Waals surface area contributed by atoms with E-state index in [4.69, 9.17) is 23.2 Å². The van der Waals surface area contributed by atoms with Crippen LogP contribution in [0.25, 0.3) is 0 Å². The molecule has 0 saturated carbocycles. The Bertz CT molecular complexity index is 963. The van der Waals surface area contributed by atoms with Crippen molar-refractivity contribution in [3.8, 4) is 0 Å². The summed E-state index contributed by atoms with van der Waals surface area (Å²) < 4.78 is 73.9. The third-order valence-electron chi connectivity index (χ3n) is 4.39. The molecule has 1 aromatic heterocycles. The van der Waals surface area contributed by atoms with Gasteiger partial charge in [0.15, 0.2) is 0 Å². The number of esters is 1. The zero-order chi connectivity index (χ0) is 23.7. The highest BCUT2D eigenvalue weighted by atomic mass is 35.5. The predicted octanol–water partition coefficient (Wildman–Crippen LogP) is 7.35. The molecule has 1 heterocycles. The Kier molecular flexibility index (Phi) is 8.21. The SMILES string of the molecule is COC(=O)c1c(C(F)F)nc(C(F)(F)F)c(C(S)c2c(Cl)cccc2Cl)c1CC(C)C. The Hall–Kier alpha value is -1.58. The van der Waals surface area contributed by atoms with Crippen molar-refractivity contribution in [1.29, 1.82) is 0 Å². The number of rotatable bonds is 6. The Morgan fingerprint density at radius 3 is 2.13 bits per heavy atom. The molecule has 0 aliphatic rings. The number of carbonyl (C=O) groups is 1. The van der Waals surface area contributed by atoms with Gasteiger partial charge in [0.1, 0.15) is 11.4 Å². The maximum Gasteiger partial charge on any atom is 0.433 e. The molecule has 0 saturated heterocycles. The molecule has 1 unspecified atom stereocenters. The smallest absolute Gasteiger partial charge is 0.433 e. The quantitative estimate of drug-likeness (QED) is 0.255. The van der Waals surface area contributed by atoms with E-state index in [1.165, 1.54) is 18.2 Å². The number of ether oxygens (including phenoxy) is 1. The summed E-state index contributed by atoms with van der Waals surface area (Å²) in [7, 11) is 0.942. The second-order valence-electron chi connectivity index (χ2n) is 7.04. The summed E-state index contributed by atoms with van der Waals surface area (Å²) in [4.78, 5) is 15.6. The van der Waals surface area contributed by atoms with Crippen molar-refractivity contribution >= 4 is 41.8 Å². The summed E-state index contributed by atoms with van der Waals surface area (Å²) in [6.45, 7) is 3.33. The third-order valence-corrected chi connectivity index (χ3v) is 5.57. The fourth-order valence-electron chi connectivity index (χ4n) is 3.20. The first-order valence-corrected chi connectivity index (χ1v) is 10.2. The predicted molar refractivity (Wildman–Crippen MR) is 111 cm³/mol. The maximum atomic E-state index is 14.0. The number of nitrogens with zero attached hydrogens (tertiary/aromatic N) is 1. The van der Waals surface area contributed by atoms with E-state index in [0.29, 0.717) is 0 Å². The van der Waals surface area contributed by atoms with Crippen LogP contribution in [0.4, 0.5) is 22.0 Å². The van der Waals surface area contributed by atoms with Gasteiger partial charge in [0, 0.05) is 21.2 Å². The van der Waals surface area contributed by atoms with Gasteiger partial charge in [-0.05, 0) is 30.0 Å². The average molecular weight is 502 g/mol. The molecule has 0 fully saturated rings. The number of halogens is 7. The Morgan fingerprint density at radius 1 is 1.16 bits per heavy atom. The third kappa shape index (κ3) is 5.43. The van der Waals surface area contributed by atoms with Crippen LogP contribution < -0.4 is 0 Å². The molecule has 0 spiro atoms. The Labute approximate surface area is 191 Å². The first kappa shape index (κ1) is 25.7. The van der Waals surface area contributed by atoms with Crippen molar-refractivity contribution in [1.82, 2.24) is 4.98 Å². The Balaban J connectivity index is 3.06. The second-order valence-corrected chi connectivity index (χ2v) is 8.37. The highest BCUT2D eigenvalue weighted by Crippen LogP contribution is 2.46. The van der Waals surface area contributed by atoms with Gasteiger partial charge in [0.2, 0.25) is 0 Å². The van der Waals surface area contributed by atoms with Crippen molar-refractivity contribution < 1.29 is 31.5 Å². The number of thiol groups is 1. The van der Waals surface area contributed by atoms with Crippen LogP contribution in [0.1, 0.15) is 64.0 Å². The lowest BCUT2D eigenvalue weighted by Crippen LogP contribution is -2.23. The normalized spacial score (nSPS) is 13.1. The molecule has 2 aromatic rings. The topological polar surface area (TPSA) is 39.2 Å². The largest absolute Gasteiger partial charge is 0.465 e. The fourth-order valence-corrected chi connectivity index (χ4v) is 4.53. The molecule has 31 heavy (non-hydrogen) atoms. The van der Waals surface area contributed by atoms with Crippen molar-refractivity contribution in [2.75, 3.05) is 7.11 Å². The van der Waals surface area contributed by atoms with Gasteiger partial charge in [-0.2, -0.15) is 25.8 Å². The summed E-state index contributed by atoms with van der Waals surface area (Å²) in [5.74, 6) is -1.53. The summed E-state index contributed by atoms with van der Waals surface area (Å²) in [6.07, 6.45) is -8.71. The zero-order valence-electron chi connectivity index (χ0n) is 16.5. The first-order valence-electron chi connectivity index (χ1n) is 8.93. The number of benzene rings is 1. The van der Waals surface area contributed by atoms with E-state index in [1.807, 2.05) is 0 Å². The van der Waals surface area contributed by atoms with E-state index in [-0.39, 0.29) is 33.5 Å². The molecular weight excluding hydrogens is 484 g/mol. The minimum absolute atomic E-state index is 0.0219. The molecule has 0 N–H and O–H groups in total. The monoisotopic (exact) mass is 501 g/mol. The Morgan fingerprint density at radius 2 is 1.71 bits per heavy atom. The van der Waals surface area contributed by atoms with E-state index in [9.17, 15) is 26.7 Å². The molecular formula is C20H18Cl2F5NO2S. The van der Waals surface area contributed by atoms with Crippen LogP contribution in [0, 0.1) is 5.92 Å². The van der Waals surface area contributed by atoms with Crippen LogP contribution in [0.5, 0.6) is 0 Å². The lowest BCUT2D eigenvalue weighted by Gasteiger charge is -2.26. The van der Waals surface area contributed by atoms with Gasteiger partial charge in [0.05, 0.1) is 17.9 Å². The molecule has 2 rings (SSSR count). The molecule has 0 bridgehead atoms. The summed E-state index contributed by atoms with van der Waals surface area (Å²) in [6, 6.07) is 4.31. The summed E-state index contributed by atoms with van der Waals surface area (Å²) in [5.41, 5.74) is -4.41. The molecule has 1 aromatic carbocycles. The van der Waals surface area contributed by atoms with Crippen LogP contribution >= 0.6 is 35.8 Å². The molecule has 0 aliphatic carbocycles. The van der Waals surface area contributed by atoms with Gasteiger partial charge in [-0.15, -0.1) is 0 Å². The van der Waals surface area contributed by atoms with Crippen molar-refractivity contribution in [3.05, 3.63) is 61.9 Å². The van der Waals surface area contributed by atoms with Crippen molar-refractivity contribution in [2.24, 2.45) is 5.92 Å². The maximum absolute atomic E-state index is 14.0. The summed E-state index contributed by atoms with van der Waals surface area (Å²) >= 11 is 16.7. The van der Waals surface area contributed by atoms with E-state index >= 15 is 0 Å². The first-order chi connectivity index (χ1) is 14.3. The molecule has 0 radical (unpaired) electrons. The van der Waals surface area contributed by atoms with E-state index in [2.05, 4.69) is 22.3 Å². The lowest BCUT2D eigenvalue weighted by atomic mass is 9.87. The van der Waals surface area contributed by atoms with Gasteiger partial charge in [-0.3, -0.25) is 0 Å². The minimum Gasteiger partial charge on any atom is -0.465 e. The molecule has 0 aliphatic heterocycles. The van der Waals surface area contributed by atoms with E-state index in [0.717, 1.165) is 7.11 Å². The lowest BCUT2D eigenvalue weighted by molar-refractivity contribution is -0.142. The van der Waals surface area contributed by atoms with Crippen LogP contribution in [0.3, 0.4) is 0 Å². The molecule has 11 heteroatoms. The highest BCUT2D eigenvalue weighted by molar-refractivity contribution is 7.80. The van der Waals surface area contributed by atoms with Gasteiger partial charge >= 0.3 is 12.1 Å². The fraction of sp³-hybridized carbons (Fsp3) is 0.400. The van der Waals surface area contributed by atoms with Gasteiger partial charge in [-0.25, -0.2) is 18.6 Å². The number of pyridine rings is 1. The van der Waals surface area contributed by atoms with Crippen molar-refractivity contribution in [3.63, 3.8) is 0 Å². The van der Waals surface area contributed by atoms with Gasteiger partial charge in [0.25, 0.3) is 6.43 Å².